The van der Waals surface area contributed by atoms with E-state index < -0.39 is 17.4 Å². The van der Waals surface area contributed by atoms with Crippen LogP contribution in [-0.4, -0.2) is 41.4 Å². The Hall–Kier alpha value is -2.67. The molecule has 0 bridgehead atoms. The molecule has 0 aliphatic carbocycles. The molecule has 2 rings (SSSR count). The molecular weight excluding hydrogens is 340 g/mol. The van der Waals surface area contributed by atoms with Crippen molar-refractivity contribution >= 4 is 29.1 Å². The number of likely N-dealkylation sites (N-methyl/N-ethyl adjacent to an activating group) is 1. The summed E-state index contributed by atoms with van der Waals surface area (Å²) < 4.78 is 0. The highest BCUT2D eigenvalue weighted by Crippen LogP contribution is 2.25. The third kappa shape index (κ3) is 4.06. The highest BCUT2D eigenvalue weighted by Gasteiger charge is 2.40. The summed E-state index contributed by atoms with van der Waals surface area (Å²) in [5.74, 6) is -1.94. The molecule has 0 spiro atoms. The number of nitrogens with one attached hydrogen (secondary N) is 1. The summed E-state index contributed by atoms with van der Waals surface area (Å²) in [6.45, 7) is 1.47. The number of hydrogen-bond acceptors (Lipinski definition) is 4. The number of aliphatic carboxylic acids is 1. The van der Waals surface area contributed by atoms with Crippen molar-refractivity contribution < 1.29 is 19.5 Å². The molecule has 1 aromatic heterocycles. The number of carbonyl (C=O) groups excluding carboxylic acids is 2. The van der Waals surface area contributed by atoms with Gasteiger partial charge < -0.3 is 15.3 Å². The Morgan fingerprint density at radius 2 is 1.84 bits per heavy atom. The number of carboxylic acid groups (broad SMARTS) is 1. The van der Waals surface area contributed by atoms with Crippen LogP contribution in [0.3, 0.4) is 0 Å². The Morgan fingerprint density at radius 1 is 1.16 bits per heavy atom. The minimum Gasteiger partial charge on any atom is -0.479 e. The van der Waals surface area contributed by atoms with Crippen molar-refractivity contribution in [2.75, 3.05) is 13.6 Å². The van der Waals surface area contributed by atoms with Gasteiger partial charge in [-0.2, -0.15) is 0 Å². The molecule has 0 saturated carbocycles. The first-order chi connectivity index (χ1) is 11.9. The zero-order chi connectivity index (χ0) is 18.4. The Balaban J connectivity index is 2.15. The summed E-state index contributed by atoms with van der Waals surface area (Å²) in [4.78, 5) is 38.3. The van der Waals surface area contributed by atoms with E-state index in [0.29, 0.717) is 10.4 Å². The van der Waals surface area contributed by atoms with Gasteiger partial charge in [0.05, 0.1) is 11.4 Å². The fraction of sp³-hybridized carbons (Fsp3) is 0.278. The number of hydrogen-bond donors (Lipinski definition) is 2. The van der Waals surface area contributed by atoms with Crippen LogP contribution >= 0.6 is 11.3 Å². The molecule has 1 heterocycles. The Kier molecular flexibility index (Phi) is 5.93. The van der Waals surface area contributed by atoms with Gasteiger partial charge in [0.2, 0.25) is 5.91 Å². The minimum absolute atomic E-state index is 0.181. The Labute approximate surface area is 150 Å². The number of carbonyl (C=O) groups is 3. The minimum atomic E-state index is -1.52. The highest BCUT2D eigenvalue weighted by molar-refractivity contribution is 7.12. The van der Waals surface area contributed by atoms with E-state index >= 15 is 0 Å². The molecule has 2 amide bonds. The molecule has 0 saturated heterocycles. The second-order valence-electron chi connectivity index (χ2n) is 5.62. The van der Waals surface area contributed by atoms with Crippen LogP contribution in [0.25, 0.3) is 0 Å². The third-order valence-electron chi connectivity index (χ3n) is 3.97. The summed E-state index contributed by atoms with van der Waals surface area (Å²) in [5.41, 5.74) is -1.03. The van der Waals surface area contributed by atoms with Crippen LogP contribution in [0.1, 0.15) is 28.6 Å². The van der Waals surface area contributed by atoms with E-state index in [9.17, 15) is 19.5 Å². The fourth-order valence-corrected chi connectivity index (χ4v) is 3.29. The molecule has 1 unspecified atom stereocenters. The average Bonchev–Trinajstić information content (AvgIpc) is 3.14. The first kappa shape index (κ1) is 18.7. The molecular formula is C18H20N2O4S. The summed E-state index contributed by atoms with van der Waals surface area (Å²) in [5, 5.41) is 14.1. The zero-order valence-electron chi connectivity index (χ0n) is 14.1. The average molecular weight is 360 g/mol. The standard InChI is InChI=1S/C18H20N2O4S/c1-3-18(17(23)24,13-8-5-4-6-9-13)19-15(21)12-20(2)16(22)14-10-7-11-25-14/h4-11H,3,12H2,1-2H3,(H,19,21)(H,23,24). The third-order valence-corrected chi connectivity index (χ3v) is 4.83. The normalized spacial score (nSPS) is 12.9. The number of nitrogens with zero attached hydrogens (tertiary/aromatic N) is 1. The van der Waals surface area contributed by atoms with Crippen LogP contribution in [0, 0.1) is 0 Å². The first-order valence-electron chi connectivity index (χ1n) is 7.79. The van der Waals surface area contributed by atoms with Gasteiger partial charge in [-0.05, 0) is 23.4 Å². The maximum absolute atomic E-state index is 12.4. The second kappa shape index (κ2) is 7.94. The van der Waals surface area contributed by atoms with Gasteiger partial charge in [0.1, 0.15) is 0 Å². The Bertz CT molecular complexity index is 746. The van der Waals surface area contributed by atoms with Gasteiger partial charge in [-0.15, -0.1) is 11.3 Å². The summed E-state index contributed by atoms with van der Waals surface area (Å²) in [6, 6.07) is 12.0. The van der Waals surface area contributed by atoms with E-state index in [1.807, 2.05) is 0 Å². The van der Waals surface area contributed by atoms with E-state index in [1.54, 1.807) is 54.8 Å². The molecule has 0 aliphatic rings. The van der Waals surface area contributed by atoms with Crippen molar-refractivity contribution in [2.24, 2.45) is 0 Å². The van der Waals surface area contributed by atoms with Gasteiger partial charge in [-0.3, -0.25) is 9.59 Å². The Morgan fingerprint density at radius 3 is 2.36 bits per heavy atom. The van der Waals surface area contributed by atoms with E-state index in [-0.39, 0.29) is 18.9 Å². The lowest BCUT2D eigenvalue weighted by atomic mass is 9.87. The highest BCUT2D eigenvalue weighted by atomic mass is 32.1. The maximum Gasteiger partial charge on any atom is 0.334 e. The fourth-order valence-electron chi connectivity index (χ4n) is 2.57. The topological polar surface area (TPSA) is 86.7 Å². The van der Waals surface area contributed by atoms with Crippen LogP contribution in [-0.2, 0) is 15.1 Å². The van der Waals surface area contributed by atoms with Crippen LogP contribution in [0.4, 0.5) is 0 Å². The van der Waals surface area contributed by atoms with Gasteiger partial charge in [0.25, 0.3) is 5.91 Å². The van der Waals surface area contributed by atoms with Crippen LogP contribution in [0.5, 0.6) is 0 Å². The molecule has 0 radical (unpaired) electrons. The van der Waals surface area contributed by atoms with Crippen LogP contribution in [0.2, 0.25) is 0 Å². The maximum atomic E-state index is 12.4. The van der Waals surface area contributed by atoms with Crippen molar-refractivity contribution in [3.8, 4) is 0 Å². The first-order valence-corrected chi connectivity index (χ1v) is 8.67. The van der Waals surface area contributed by atoms with Crippen LogP contribution in [0.15, 0.2) is 47.8 Å². The van der Waals surface area contributed by atoms with Gasteiger partial charge >= 0.3 is 5.97 Å². The van der Waals surface area contributed by atoms with Crippen LogP contribution < -0.4 is 5.32 Å². The monoisotopic (exact) mass is 360 g/mol. The second-order valence-corrected chi connectivity index (χ2v) is 6.56. The van der Waals surface area contributed by atoms with E-state index in [4.69, 9.17) is 0 Å². The van der Waals surface area contributed by atoms with Crippen molar-refractivity contribution in [2.45, 2.75) is 18.9 Å². The quantitative estimate of drug-likeness (QED) is 0.793. The van der Waals surface area contributed by atoms with Gasteiger partial charge in [-0.25, -0.2) is 4.79 Å². The summed E-state index contributed by atoms with van der Waals surface area (Å²) >= 11 is 1.29. The number of amides is 2. The predicted molar refractivity (Wildman–Crippen MR) is 95.5 cm³/mol. The molecule has 2 N–H and O–H groups in total. The SMILES string of the molecule is CCC(NC(=O)CN(C)C(=O)c1cccs1)(C(=O)O)c1ccccc1. The zero-order valence-corrected chi connectivity index (χ0v) is 14.9. The summed E-state index contributed by atoms with van der Waals surface area (Å²) in [6.07, 6.45) is 0.181. The van der Waals surface area contributed by atoms with E-state index in [1.165, 1.54) is 23.3 Å². The lowest BCUT2D eigenvalue weighted by Gasteiger charge is -2.30. The summed E-state index contributed by atoms with van der Waals surface area (Å²) in [7, 11) is 1.51. The van der Waals surface area contributed by atoms with Gasteiger partial charge in [0.15, 0.2) is 5.54 Å². The molecule has 1 atom stereocenters. The lowest BCUT2D eigenvalue weighted by Crippen LogP contribution is -2.54. The molecule has 1 aromatic carbocycles. The lowest BCUT2D eigenvalue weighted by molar-refractivity contribution is -0.148. The molecule has 6 nitrogen and oxygen atoms in total. The number of thiophene rings is 1. The van der Waals surface area contributed by atoms with Gasteiger partial charge in [-0.1, -0.05) is 43.3 Å². The number of benzene rings is 1. The smallest absolute Gasteiger partial charge is 0.334 e. The number of rotatable bonds is 7. The molecule has 25 heavy (non-hydrogen) atoms. The predicted octanol–water partition coefficient (Wildman–Crippen LogP) is 2.33. The van der Waals surface area contributed by atoms with Crippen molar-refractivity contribution in [3.63, 3.8) is 0 Å². The van der Waals surface area contributed by atoms with Crippen molar-refractivity contribution in [3.05, 3.63) is 58.3 Å². The molecule has 132 valence electrons. The molecule has 2 aromatic rings. The molecule has 7 heteroatoms. The van der Waals surface area contributed by atoms with Crippen molar-refractivity contribution in [1.82, 2.24) is 10.2 Å². The van der Waals surface area contributed by atoms with E-state index in [2.05, 4.69) is 5.32 Å². The molecule has 0 aliphatic heterocycles. The van der Waals surface area contributed by atoms with Gasteiger partial charge in [0, 0.05) is 7.05 Å². The van der Waals surface area contributed by atoms with E-state index in [0.717, 1.165) is 0 Å². The largest absolute Gasteiger partial charge is 0.479 e. The van der Waals surface area contributed by atoms with Crippen molar-refractivity contribution in [1.29, 1.82) is 0 Å². The number of carboxylic acids is 1. The molecule has 0 fully saturated rings.